The highest BCUT2D eigenvalue weighted by Crippen LogP contribution is 2.11. The lowest BCUT2D eigenvalue weighted by Gasteiger charge is -2.06. The molecule has 0 unspecified atom stereocenters. The molecule has 1 rings (SSSR count). The fraction of sp³-hybridized carbons (Fsp3) is 0.308. The van der Waals surface area contributed by atoms with Crippen molar-refractivity contribution in [2.45, 2.75) is 13.0 Å². The number of benzene rings is 1. The third-order valence-electron chi connectivity index (χ3n) is 2.07. The second-order valence-corrected chi connectivity index (χ2v) is 3.31. The van der Waals surface area contributed by atoms with Gasteiger partial charge in [-0.2, -0.15) is 0 Å². The van der Waals surface area contributed by atoms with Crippen LogP contribution in [0.25, 0.3) is 0 Å². The van der Waals surface area contributed by atoms with Crippen molar-refractivity contribution >= 4 is 6.09 Å². The minimum Gasteiger partial charge on any atom is -0.497 e. The van der Waals surface area contributed by atoms with Gasteiger partial charge < -0.3 is 14.8 Å². The van der Waals surface area contributed by atoms with Gasteiger partial charge in [-0.05, 0) is 17.7 Å². The molecule has 0 atom stereocenters. The zero-order valence-electron chi connectivity index (χ0n) is 9.73. The Morgan fingerprint density at radius 2 is 2.12 bits per heavy atom. The summed E-state index contributed by atoms with van der Waals surface area (Å²) in [5, 5.41) is 2.55. The predicted molar refractivity (Wildman–Crippen MR) is 64.6 cm³/mol. The first kappa shape index (κ1) is 12.9. The summed E-state index contributed by atoms with van der Waals surface area (Å²) in [7, 11) is 1.60. The molecule has 0 saturated carbocycles. The highest BCUT2D eigenvalue weighted by atomic mass is 16.5. The Kier molecular flexibility index (Phi) is 5.45. The molecule has 1 aromatic carbocycles. The zero-order valence-corrected chi connectivity index (χ0v) is 9.73. The van der Waals surface area contributed by atoms with E-state index < -0.39 is 6.09 Å². The van der Waals surface area contributed by atoms with Crippen LogP contribution in [0.4, 0.5) is 4.79 Å². The average Bonchev–Trinajstić information content (AvgIpc) is 2.37. The summed E-state index contributed by atoms with van der Waals surface area (Å²) in [4.78, 5) is 11.2. The van der Waals surface area contributed by atoms with Crippen molar-refractivity contribution in [1.82, 2.24) is 5.32 Å². The monoisotopic (exact) mass is 233 g/mol. The summed E-state index contributed by atoms with van der Waals surface area (Å²) in [6.07, 6.45) is 5.09. The van der Waals surface area contributed by atoms with Gasteiger partial charge in [0.15, 0.2) is 0 Å². The molecule has 17 heavy (non-hydrogen) atoms. The zero-order chi connectivity index (χ0) is 12.5. The Morgan fingerprint density at radius 3 is 2.71 bits per heavy atom. The highest BCUT2D eigenvalue weighted by molar-refractivity contribution is 5.67. The molecule has 0 bridgehead atoms. The van der Waals surface area contributed by atoms with Crippen LogP contribution in [0.3, 0.4) is 0 Å². The van der Waals surface area contributed by atoms with Gasteiger partial charge in [0.2, 0.25) is 0 Å². The Hall–Kier alpha value is -2.15. The number of alkyl carbamates (subject to hydrolysis) is 1. The molecule has 4 nitrogen and oxygen atoms in total. The number of amides is 1. The first-order valence-electron chi connectivity index (χ1n) is 5.23. The lowest BCUT2D eigenvalue weighted by atomic mass is 10.2. The van der Waals surface area contributed by atoms with Gasteiger partial charge in [0, 0.05) is 13.0 Å². The molecule has 0 fully saturated rings. The van der Waals surface area contributed by atoms with Crippen LogP contribution in [-0.2, 0) is 11.3 Å². The second-order valence-electron chi connectivity index (χ2n) is 3.31. The van der Waals surface area contributed by atoms with Crippen LogP contribution in [0.2, 0.25) is 0 Å². The first-order chi connectivity index (χ1) is 8.26. The molecule has 0 heterocycles. The molecule has 0 aliphatic heterocycles. The maximum atomic E-state index is 11.2. The van der Waals surface area contributed by atoms with Gasteiger partial charge in [0.1, 0.15) is 12.4 Å². The molecule has 0 aliphatic carbocycles. The molecule has 0 aromatic heterocycles. The second kappa shape index (κ2) is 7.18. The Balaban J connectivity index is 2.29. The largest absolute Gasteiger partial charge is 0.497 e. The van der Waals surface area contributed by atoms with Crippen LogP contribution >= 0.6 is 0 Å². The van der Waals surface area contributed by atoms with Crippen LogP contribution < -0.4 is 10.1 Å². The van der Waals surface area contributed by atoms with Gasteiger partial charge in [0.25, 0.3) is 0 Å². The standard InChI is InChI=1S/C13H15NO3/c1-3-4-9-14-13(15)17-10-11-5-7-12(16-2)8-6-11/h1,5-8H,4,9-10H2,2H3,(H,14,15). The summed E-state index contributed by atoms with van der Waals surface area (Å²) >= 11 is 0. The quantitative estimate of drug-likeness (QED) is 0.624. The van der Waals surface area contributed by atoms with Crippen LogP contribution in [-0.4, -0.2) is 19.7 Å². The van der Waals surface area contributed by atoms with E-state index in [1.54, 1.807) is 7.11 Å². The maximum absolute atomic E-state index is 11.2. The summed E-state index contributed by atoms with van der Waals surface area (Å²) < 4.78 is 10.0. The van der Waals surface area contributed by atoms with Gasteiger partial charge in [-0.3, -0.25) is 0 Å². The molecule has 1 aromatic rings. The minimum atomic E-state index is -0.462. The number of carbonyl (C=O) groups excluding carboxylic acids is 1. The minimum absolute atomic E-state index is 0.228. The van der Waals surface area contributed by atoms with Crippen molar-refractivity contribution in [3.05, 3.63) is 29.8 Å². The van der Waals surface area contributed by atoms with E-state index in [1.807, 2.05) is 24.3 Å². The first-order valence-corrected chi connectivity index (χ1v) is 5.23. The van der Waals surface area contributed by atoms with Gasteiger partial charge in [-0.25, -0.2) is 4.79 Å². The van der Waals surface area contributed by atoms with Crippen molar-refractivity contribution in [3.8, 4) is 18.1 Å². The predicted octanol–water partition coefficient (Wildman–Crippen LogP) is 1.94. The van der Waals surface area contributed by atoms with E-state index in [0.29, 0.717) is 13.0 Å². The van der Waals surface area contributed by atoms with E-state index in [4.69, 9.17) is 15.9 Å². The van der Waals surface area contributed by atoms with Gasteiger partial charge >= 0.3 is 6.09 Å². The smallest absolute Gasteiger partial charge is 0.407 e. The molecule has 0 saturated heterocycles. The molecule has 0 aliphatic rings. The third-order valence-corrected chi connectivity index (χ3v) is 2.07. The fourth-order valence-electron chi connectivity index (χ4n) is 1.16. The summed E-state index contributed by atoms with van der Waals surface area (Å²) in [6.45, 7) is 0.657. The van der Waals surface area contributed by atoms with Gasteiger partial charge in [0.05, 0.1) is 7.11 Å². The van der Waals surface area contributed by atoms with Crippen molar-refractivity contribution in [3.63, 3.8) is 0 Å². The Labute approximate surface area is 101 Å². The number of ether oxygens (including phenoxy) is 2. The van der Waals surface area contributed by atoms with Crippen LogP contribution in [0.15, 0.2) is 24.3 Å². The van der Waals surface area contributed by atoms with Crippen molar-refractivity contribution in [1.29, 1.82) is 0 Å². The van der Waals surface area contributed by atoms with Crippen LogP contribution in [0.5, 0.6) is 5.75 Å². The highest BCUT2D eigenvalue weighted by Gasteiger charge is 2.01. The number of carbonyl (C=O) groups is 1. The SMILES string of the molecule is C#CCCNC(=O)OCc1ccc(OC)cc1. The third kappa shape index (κ3) is 4.94. The molecule has 90 valence electrons. The Morgan fingerprint density at radius 1 is 1.41 bits per heavy atom. The number of nitrogens with one attached hydrogen (secondary N) is 1. The molecule has 4 heteroatoms. The Bertz CT molecular complexity index is 392. The summed E-state index contributed by atoms with van der Waals surface area (Å²) in [5.41, 5.74) is 0.901. The summed E-state index contributed by atoms with van der Waals surface area (Å²) in [5.74, 6) is 3.20. The molecular weight excluding hydrogens is 218 g/mol. The van der Waals surface area contributed by atoms with E-state index in [0.717, 1.165) is 11.3 Å². The fourth-order valence-corrected chi connectivity index (χ4v) is 1.16. The molecule has 0 spiro atoms. The van der Waals surface area contributed by atoms with Crippen molar-refractivity contribution in [2.24, 2.45) is 0 Å². The number of methoxy groups -OCH3 is 1. The van der Waals surface area contributed by atoms with Crippen molar-refractivity contribution in [2.75, 3.05) is 13.7 Å². The topological polar surface area (TPSA) is 47.6 Å². The molecule has 1 amide bonds. The number of hydrogen-bond acceptors (Lipinski definition) is 3. The number of rotatable bonds is 5. The number of hydrogen-bond donors (Lipinski definition) is 1. The van der Waals surface area contributed by atoms with Gasteiger partial charge in [-0.15, -0.1) is 12.3 Å². The molecule has 0 radical (unpaired) electrons. The van der Waals surface area contributed by atoms with Crippen LogP contribution in [0, 0.1) is 12.3 Å². The van der Waals surface area contributed by atoms with E-state index in [9.17, 15) is 4.79 Å². The molecule has 1 N–H and O–H groups in total. The van der Waals surface area contributed by atoms with Crippen LogP contribution in [0.1, 0.15) is 12.0 Å². The lowest BCUT2D eigenvalue weighted by Crippen LogP contribution is -2.24. The van der Waals surface area contributed by atoms with E-state index >= 15 is 0 Å². The molecular formula is C13H15NO3. The average molecular weight is 233 g/mol. The van der Waals surface area contributed by atoms with E-state index in [2.05, 4.69) is 11.2 Å². The maximum Gasteiger partial charge on any atom is 0.407 e. The normalized spacial score (nSPS) is 9.18. The van der Waals surface area contributed by atoms with E-state index in [-0.39, 0.29) is 6.61 Å². The lowest BCUT2D eigenvalue weighted by molar-refractivity contribution is 0.140. The van der Waals surface area contributed by atoms with Crippen molar-refractivity contribution < 1.29 is 14.3 Å². The van der Waals surface area contributed by atoms with Gasteiger partial charge in [-0.1, -0.05) is 12.1 Å². The summed E-state index contributed by atoms with van der Waals surface area (Å²) in [6, 6.07) is 7.31. The number of terminal acetylenes is 1. The van der Waals surface area contributed by atoms with E-state index in [1.165, 1.54) is 0 Å².